The minimum absolute atomic E-state index is 0.112. The van der Waals surface area contributed by atoms with E-state index < -0.39 is 15.3 Å². The molecule has 164 valence electrons. The van der Waals surface area contributed by atoms with Crippen molar-refractivity contribution in [3.8, 4) is 5.69 Å². The molecule has 0 aliphatic carbocycles. The summed E-state index contributed by atoms with van der Waals surface area (Å²) in [6.07, 6.45) is 2.31. The van der Waals surface area contributed by atoms with Gasteiger partial charge in [-0.3, -0.25) is 4.79 Å². The first-order chi connectivity index (χ1) is 14.2. The van der Waals surface area contributed by atoms with E-state index in [1.54, 1.807) is 22.8 Å². The third kappa shape index (κ3) is 4.13. The number of amides is 1. The van der Waals surface area contributed by atoms with Crippen LogP contribution in [0.3, 0.4) is 0 Å². The third-order valence-corrected chi connectivity index (χ3v) is 8.04. The monoisotopic (exact) mass is 433 g/mol. The molecule has 2 aromatic rings. The number of nitrogens with one attached hydrogen (secondary N) is 1. The smallest absolute Gasteiger partial charge is 0.273 e. The molecule has 1 aromatic heterocycles. The lowest BCUT2D eigenvalue weighted by Gasteiger charge is -2.30. The average Bonchev–Trinajstić information content (AvgIpc) is 3.12. The molecule has 0 fully saturated rings. The van der Waals surface area contributed by atoms with Crippen molar-refractivity contribution in [1.82, 2.24) is 24.6 Å². The van der Waals surface area contributed by atoms with Crippen molar-refractivity contribution in [2.24, 2.45) is 0 Å². The summed E-state index contributed by atoms with van der Waals surface area (Å²) in [5.41, 5.74) is 3.85. The first-order valence-electron chi connectivity index (χ1n) is 10.5. The fourth-order valence-electron chi connectivity index (χ4n) is 3.79. The number of nitrogens with zero attached hydrogens (tertiary/aromatic N) is 4. The van der Waals surface area contributed by atoms with Crippen molar-refractivity contribution in [3.63, 3.8) is 0 Å². The van der Waals surface area contributed by atoms with Gasteiger partial charge in [0.1, 0.15) is 0 Å². The van der Waals surface area contributed by atoms with Gasteiger partial charge >= 0.3 is 0 Å². The number of hydrogen-bond acceptors (Lipinski definition) is 5. The van der Waals surface area contributed by atoms with Gasteiger partial charge in [-0.1, -0.05) is 31.2 Å². The van der Waals surface area contributed by atoms with Gasteiger partial charge in [-0.15, -0.1) is 5.10 Å². The number of fused-ring (bicyclic) bond motifs is 1. The minimum atomic E-state index is -3.31. The Morgan fingerprint density at radius 2 is 1.93 bits per heavy atom. The summed E-state index contributed by atoms with van der Waals surface area (Å²) in [5, 5.41) is 10.9. The van der Waals surface area contributed by atoms with Crippen LogP contribution in [0.1, 0.15) is 67.8 Å². The summed E-state index contributed by atoms with van der Waals surface area (Å²) in [6, 6.07) is 5.90. The molecule has 0 atom stereocenters. The second kappa shape index (κ2) is 8.85. The Balaban J connectivity index is 1.91. The highest BCUT2D eigenvalue weighted by atomic mass is 32.2. The lowest BCUT2D eigenvalue weighted by Crippen LogP contribution is -2.40. The maximum atomic E-state index is 12.6. The predicted octanol–water partition coefficient (Wildman–Crippen LogP) is 2.59. The van der Waals surface area contributed by atoms with Gasteiger partial charge < -0.3 is 5.32 Å². The lowest BCUT2D eigenvalue weighted by atomic mass is 9.99. The normalized spacial score (nSPS) is 14.9. The molecular formula is C21H31N5O3S. The van der Waals surface area contributed by atoms with E-state index in [2.05, 4.69) is 15.6 Å². The standard InChI is InChI=1S/C21H31N5O3S/c1-6-17(7-2)22-21(27)20-15(5)26(24-23-20)19-10-8-9-16-13-25(12-11-18(16)19)30(28,29)14(3)4/h8-10,14,17H,6-7,11-13H2,1-5H3,(H,22,27). The molecule has 3 rings (SSSR count). The van der Waals surface area contributed by atoms with Crippen LogP contribution >= 0.6 is 0 Å². The van der Waals surface area contributed by atoms with E-state index in [0.29, 0.717) is 30.9 Å². The molecule has 0 saturated carbocycles. The SMILES string of the molecule is CCC(CC)NC(=O)c1nnn(-c2cccc3c2CCN(S(=O)(=O)C(C)C)C3)c1C. The van der Waals surface area contributed by atoms with Crippen LogP contribution in [0.15, 0.2) is 18.2 Å². The van der Waals surface area contributed by atoms with Gasteiger partial charge in [-0.05, 0) is 57.2 Å². The molecule has 0 spiro atoms. The van der Waals surface area contributed by atoms with Crippen molar-refractivity contribution in [2.75, 3.05) is 6.54 Å². The summed E-state index contributed by atoms with van der Waals surface area (Å²) in [7, 11) is -3.31. The lowest BCUT2D eigenvalue weighted by molar-refractivity contribution is 0.0929. The van der Waals surface area contributed by atoms with Gasteiger partial charge in [0.25, 0.3) is 5.91 Å². The van der Waals surface area contributed by atoms with Crippen LogP contribution in [-0.2, 0) is 23.0 Å². The molecule has 2 heterocycles. The maximum absolute atomic E-state index is 12.6. The van der Waals surface area contributed by atoms with E-state index in [1.807, 2.05) is 39.0 Å². The molecule has 1 aromatic carbocycles. The predicted molar refractivity (Wildman–Crippen MR) is 116 cm³/mol. The summed E-state index contributed by atoms with van der Waals surface area (Å²) < 4.78 is 28.4. The fourth-order valence-corrected chi connectivity index (χ4v) is 5.05. The number of rotatable bonds is 7. The Labute approximate surface area is 178 Å². The van der Waals surface area contributed by atoms with Crippen LogP contribution in [0.2, 0.25) is 0 Å². The van der Waals surface area contributed by atoms with Crippen LogP contribution < -0.4 is 5.32 Å². The Bertz CT molecular complexity index is 1030. The van der Waals surface area contributed by atoms with Crippen molar-refractivity contribution in [3.05, 3.63) is 40.7 Å². The van der Waals surface area contributed by atoms with Gasteiger partial charge in [0.2, 0.25) is 10.0 Å². The molecule has 1 amide bonds. The number of sulfonamides is 1. The molecule has 0 unspecified atom stereocenters. The molecule has 0 radical (unpaired) electrons. The zero-order chi connectivity index (χ0) is 22.1. The van der Waals surface area contributed by atoms with Crippen LogP contribution in [0.5, 0.6) is 0 Å². The number of carbonyl (C=O) groups is 1. The average molecular weight is 434 g/mol. The topological polar surface area (TPSA) is 97.2 Å². The van der Waals surface area contributed by atoms with Crippen molar-refractivity contribution >= 4 is 15.9 Å². The highest BCUT2D eigenvalue weighted by Crippen LogP contribution is 2.28. The number of carbonyl (C=O) groups excluding carboxylic acids is 1. The number of benzene rings is 1. The van der Waals surface area contributed by atoms with Gasteiger partial charge in [0.05, 0.1) is 16.6 Å². The van der Waals surface area contributed by atoms with Crippen molar-refractivity contribution < 1.29 is 13.2 Å². The molecule has 0 bridgehead atoms. The van der Waals surface area contributed by atoms with Crippen molar-refractivity contribution in [2.45, 2.75) is 71.7 Å². The van der Waals surface area contributed by atoms with E-state index in [4.69, 9.17) is 0 Å². The third-order valence-electron chi connectivity index (χ3n) is 5.82. The van der Waals surface area contributed by atoms with E-state index in [0.717, 1.165) is 29.7 Å². The van der Waals surface area contributed by atoms with Gasteiger partial charge in [0, 0.05) is 19.1 Å². The van der Waals surface area contributed by atoms with E-state index in [9.17, 15) is 13.2 Å². The van der Waals surface area contributed by atoms with Crippen LogP contribution in [0.4, 0.5) is 0 Å². The Hall–Kier alpha value is -2.26. The Morgan fingerprint density at radius 3 is 2.57 bits per heavy atom. The number of hydrogen-bond donors (Lipinski definition) is 1. The second-order valence-corrected chi connectivity index (χ2v) is 10.5. The van der Waals surface area contributed by atoms with Gasteiger partial charge in [-0.2, -0.15) is 4.31 Å². The van der Waals surface area contributed by atoms with Crippen LogP contribution in [-0.4, -0.2) is 51.5 Å². The molecular weight excluding hydrogens is 402 g/mol. The zero-order valence-corrected chi connectivity index (χ0v) is 19.2. The molecule has 1 aliphatic rings. The molecule has 1 N–H and O–H groups in total. The second-order valence-electron chi connectivity index (χ2n) is 8.01. The quantitative estimate of drug-likeness (QED) is 0.724. The summed E-state index contributed by atoms with van der Waals surface area (Å²) in [5.74, 6) is -0.216. The fraction of sp³-hybridized carbons (Fsp3) is 0.571. The Morgan fingerprint density at radius 1 is 1.23 bits per heavy atom. The molecule has 9 heteroatoms. The molecule has 30 heavy (non-hydrogen) atoms. The van der Waals surface area contributed by atoms with Crippen LogP contribution in [0.25, 0.3) is 5.69 Å². The number of aromatic nitrogens is 3. The highest BCUT2D eigenvalue weighted by Gasteiger charge is 2.31. The largest absolute Gasteiger partial charge is 0.348 e. The van der Waals surface area contributed by atoms with E-state index in [-0.39, 0.29) is 11.9 Å². The Kier molecular flexibility index (Phi) is 6.62. The molecule has 8 nitrogen and oxygen atoms in total. The zero-order valence-electron chi connectivity index (χ0n) is 18.3. The first kappa shape index (κ1) is 22.4. The van der Waals surface area contributed by atoms with Crippen LogP contribution in [0, 0.1) is 6.92 Å². The van der Waals surface area contributed by atoms with Gasteiger partial charge in [0.15, 0.2) is 5.69 Å². The maximum Gasteiger partial charge on any atom is 0.273 e. The summed E-state index contributed by atoms with van der Waals surface area (Å²) in [6.45, 7) is 10.1. The van der Waals surface area contributed by atoms with Gasteiger partial charge in [-0.25, -0.2) is 13.1 Å². The molecule has 0 saturated heterocycles. The summed E-state index contributed by atoms with van der Waals surface area (Å²) >= 11 is 0. The van der Waals surface area contributed by atoms with Crippen molar-refractivity contribution in [1.29, 1.82) is 0 Å². The summed E-state index contributed by atoms with van der Waals surface area (Å²) in [4.78, 5) is 12.6. The molecule has 1 aliphatic heterocycles. The first-order valence-corrected chi connectivity index (χ1v) is 12.0. The highest BCUT2D eigenvalue weighted by molar-refractivity contribution is 7.89. The minimum Gasteiger partial charge on any atom is -0.348 e. The van der Waals surface area contributed by atoms with E-state index in [1.165, 1.54) is 0 Å². The van der Waals surface area contributed by atoms with E-state index >= 15 is 0 Å².